The summed E-state index contributed by atoms with van der Waals surface area (Å²) < 4.78 is 18.1. The van der Waals surface area contributed by atoms with Gasteiger partial charge in [0.25, 0.3) is 5.56 Å². The quantitative estimate of drug-likeness (QED) is 0.422. The first kappa shape index (κ1) is 23.6. The molecule has 1 N–H and O–H groups in total. The number of carbonyl (C=O) groups is 1. The van der Waals surface area contributed by atoms with E-state index in [1.54, 1.807) is 36.8 Å². The lowest BCUT2D eigenvalue weighted by Gasteiger charge is -2.25. The molecule has 5 rings (SSSR count). The number of benzene rings is 2. The van der Waals surface area contributed by atoms with E-state index in [9.17, 15) is 9.59 Å². The van der Waals surface area contributed by atoms with Crippen LogP contribution in [0.15, 0.2) is 63.5 Å². The molecular weight excluding hydrogens is 478 g/mol. The molecule has 3 heterocycles. The zero-order valence-corrected chi connectivity index (χ0v) is 21.4. The Morgan fingerprint density at radius 3 is 2.61 bits per heavy atom. The number of aromatic amines is 1. The van der Waals surface area contributed by atoms with E-state index in [4.69, 9.17) is 14.2 Å². The first-order valence-corrected chi connectivity index (χ1v) is 12.1. The molecule has 2 aromatic heterocycles. The first-order chi connectivity index (χ1) is 17.4. The average molecular weight is 504 g/mol. The maximum absolute atomic E-state index is 13.9. The highest BCUT2D eigenvalue weighted by atomic mass is 32.1. The van der Waals surface area contributed by atoms with E-state index in [1.165, 1.54) is 25.6 Å². The number of aryl methyl sites for hydroxylation is 1. The molecule has 36 heavy (non-hydrogen) atoms. The highest BCUT2D eigenvalue weighted by Gasteiger charge is 2.35. The van der Waals surface area contributed by atoms with Gasteiger partial charge in [-0.1, -0.05) is 29.5 Å². The molecule has 0 saturated carbocycles. The van der Waals surface area contributed by atoms with Gasteiger partial charge in [0.05, 0.1) is 37.1 Å². The number of carbonyl (C=O) groups excluding carboxylic acids is 1. The molecule has 8 nitrogen and oxygen atoms in total. The van der Waals surface area contributed by atoms with E-state index in [2.05, 4.69) is 9.98 Å². The number of nitrogens with zero attached hydrogens (tertiary/aromatic N) is 2. The lowest BCUT2D eigenvalue weighted by atomic mass is 9.95. The van der Waals surface area contributed by atoms with Gasteiger partial charge in [-0.25, -0.2) is 9.79 Å². The third-order valence-corrected chi connectivity index (χ3v) is 7.36. The van der Waals surface area contributed by atoms with Crippen molar-refractivity contribution in [3.63, 3.8) is 0 Å². The summed E-state index contributed by atoms with van der Waals surface area (Å²) >= 11 is 1.28. The molecular formula is C27H25N3O5S. The predicted octanol–water partition coefficient (Wildman–Crippen LogP) is 3.22. The Hall–Kier alpha value is -4.11. The maximum atomic E-state index is 13.9. The highest BCUT2D eigenvalue weighted by Crippen LogP contribution is 2.37. The van der Waals surface area contributed by atoms with E-state index < -0.39 is 12.0 Å². The standard InChI is InChI=1S/C27H25N3O5S/c1-14-19(17-8-6-7-9-20(17)28-14)13-22-25(31)30-24(18-11-10-16(33-3)12-21(18)34-4)23(26(32)35-5)15(2)29-27(30)36-22/h6-13,24,28H,1-5H3/t24-/m1/s1. The zero-order chi connectivity index (χ0) is 25.6. The van der Waals surface area contributed by atoms with Crippen LogP contribution in [0.4, 0.5) is 0 Å². The van der Waals surface area contributed by atoms with Gasteiger partial charge in [-0.15, -0.1) is 0 Å². The molecule has 4 aromatic rings. The number of allylic oxidation sites excluding steroid dienone is 1. The minimum absolute atomic E-state index is 0.250. The summed E-state index contributed by atoms with van der Waals surface area (Å²) in [6.45, 7) is 3.73. The van der Waals surface area contributed by atoms with Crippen molar-refractivity contribution in [2.45, 2.75) is 19.9 Å². The number of nitrogens with one attached hydrogen (secondary N) is 1. The van der Waals surface area contributed by atoms with Crippen molar-refractivity contribution in [2.24, 2.45) is 4.99 Å². The van der Waals surface area contributed by atoms with Gasteiger partial charge in [0.15, 0.2) is 4.80 Å². The second-order valence-electron chi connectivity index (χ2n) is 8.39. The van der Waals surface area contributed by atoms with Gasteiger partial charge in [0.1, 0.15) is 17.5 Å². The van der Waals surface area contributed by atoms with Crippen LogP contribution in [0, 0.1) is 6.92 Å². The lowest BCUT2D eigenvalue weighted by molar-refractivity contribution is -0.136. The van der Waals surface area contributed by atoms with Crippen molar-refractivity contribution in [1.29, 1.82) is 0 Å². The average Bonchev–Trinajstić information content (AvgIpc) is 3.37. The van der Waals surface area contributed by atoms with Crippen LogP contribution in [0.25, 0.3) is 17.0 Å². The monoisotopic (exact) mass is 503 g/mol. The molecule has 0 saturated heterocycles. The number of rotatable bonds is 5. The molecule has 1 atom stereocenters. The number of esters is 1. The number of para-hydroxylation sites is 1. The molecule has 0 fully saturated rings. The Bertz CT molecular complexity index is 1720. The number of aromatic nitrogens is 2. The van der Waals surface area contributed by atoms with Crippen LogP contribution in [-0.4, -0.2) is 36.8 Å². The van der Waals surface area contributed by atoms with Crippen molar-refractivity contribution < 1.29 is 19.0 Å². The topological polar surface area (TPSA) is 94.9 Å². The van der Waals surface area contributed by atoms with Crippen LogP contribution in [-0.2, 0) is 9.53 Å². The molecule has 0 amide bonds. The van der Waals surface area contributed by atoms with Crippen LogP contribution in [0.3, 0.4) is 0 Å². The van der Waals surface area contributed by atoms with Crippen molar-refractivity contribution in [3.8, 4) is 11.5 Å². The SMILES string of the molecule is COC(=O)C1=C(C)N=c2sc(=Cc3c(C)[nH]c4ccccc34)c(=O)n2[C@@H]1c1ccc(OC)cc1OC. The van der Waals surface area contributed by atoms with Crippen molar-refractivity contribution in [1.82, 2.24) is 9.55 Å². The van der Waals surface area contributed by atoms with Gasteiger partial charge in [-0.2, -0.15) is 0 Å². The van der Waals surface area contributed by atoms with E-state index in [1.807, 2.05) is 37.3 Å². The summed E-state index contributed by atoms with van der Waals surface area (Å²) in [5.41, 5.74) is 4.05. The molecule has 0 aliphatic carbocycles. The zero-order valence-electron chi connectivity index (χ0n) is 20.5. The van der Waals surface area contributed by atoms with E-state index in [0.29, 0.717) is 32.1 Å². The number of thiazole rings is 1. The van der Waals surface area contributed by atoms with Crippen LogP contribution in [0.2, 0.25) is 0 Å². The minimum Gasteiger partial charge on any atom is -0.497 e. The van der Waals surface area contributed by atoms with Gasteiger partial charge in [0, 0.05) is 33.8 Å². The largest absolute Gasteiger partial charge is 0.497 e. The van der Waals surface area contributed by atoms with Gasteiger partial charge >= 0.3 is 5.97 Å². The Balaban J connectivity index is 1.80. The molecule has 2 aromatic carbocycles. The predicted molar refractivity (Wildman–Crippen MR) is 138 cm³/mol. The maximum Gasteiger partial charge on any atom is 0.338 e. The van der Waals surface area contributed by atoms with Crippen molar-refractivity contribution in [2.75, 3.05) is 21.3 Å². The fourth-order valence-corrected chi connectivity index (χ4v) is 5.68. The molecule has 0 radical (unpaired) electrons. The third kappa shape index (κ3) is 3.72. The van der Waals surface area contributed by atoms with Crippen LogP contribution in [0.1, 0.15) is 29.8 Å². The number of ether oxygens (including phenoxy) is 3. The molecule has 0 bridgehead atoms. The summed E-state index contributed by atoms with van der Waals surface area (Å²) in [6, 6.07) is 12.5. The Kier molecular flexibility index (Phi) is 6.01. The number of hydrogen-bond donors (Lipinski definition) is 1. The van der Waals surface area contributed by atoms with E-state index in [-0.39, 0.29) is 11.1 Å². The molecule has 0 unspecified atom stereocenters. The number of fused-ring (bicyclic) bond motifs is 2. The van der Waals surface area contributed by atoms with Gasteiger partial charge in [-0.3, -0.25) is 9.36 Å². The number of H-pyrrole nitrogens is 1. The van der Waals surface area contributed by atoms with E-state index in [0.717, 1.165) is 22.2 Å². The Morgan fingerprint density at radius 2 is 1.89 bits per heavy atom. The highest BCUT2D eigenvalue weighted by molar-refractivity contribution is 7.07. The minimum atomic E-state index is -0.777. The van der Waals surface area contributed by atoms with Gasteiger partial charge < -0.3 is 19.2 Å². The summed E-state index contributed by atoms with van der Waals surface area (Å²) in [7, 11) is 4.42. The second-order valence-corrected chi connectivity index (χ2v) is 9.40. The Labute approximate surface area is 210 Å². The van der Waals surface area contributed by atoms with Gasteiger partial charge in [-0.05, 0) is 38.1 Å². The van der Waals surface area contributed by atoms with E-state index >= 15 is 0 Å². The summed E-state index contributed by atoms with van der Waals surface area (Å²) in [5, 5.41) is 1.03. The molecule has 0 spiro atoms. The second kappa shape index (κ2) is 9.16. The van der Waals surface area contributed by atoms with Crippen LogP contribution < -0.4 is 24.4 Å². The third-order valence-electron chi connectivity index (χ3n) is 6.38. The molecule has 9 heteroatoms. The first-order valence-electron chi connectivity index (χ1n) is 11.3. The van der Waals surface area contributed by atoms with Crippen LogP contribution in [0.5, 0.6) is 11.5 Å². The fourth-order valence-electron chi connectivity index (χ4n) is 4.65. The Morgan fingerprint density at radius 1 is 1.11 bits per heavy atom. The normalized spacial score (nSPS) is 15.6. The summed E-state index contributed by atoms with van der Waals surface area (Å²) in [4.78, 5) is 35.3. The molecule has 1 aliphatic rings. The lowest BCUT2D eigenvalue weighted by Crippen LogP contribution is -2.40. The smallest absolute Gasteiger partial charge is 0.338 e. The summed E-state index contributed by atoms with van der Waals surface area (Å²) in [5.74, 6) is 0.525. The van der Waals surface area contributed by atoms with Crippen LogP contribution >= 0.6 is 11.3 Å². The molecule has 1 aliphatic heterocycles. The fraction of sp³-hybridized carbons (Fsp3) is 0.222. The summed E-state index contributed by atoms with van der Waals surface area (Å²) in [6.07, 6.45) is 1.89. The number of hydrogen-bond acceptors (Lipinski definition) is 7. The van der Waals surface area contributed by atoms with Gasteiger partial charge in [0.2, 0.25) is 0 Å². The van der Waals surface area contributed by atoms with Crippen molar-refractivity contribution >= 4 is 34.3 Å². The van der Waals surface area contributed by atoms with Crippen molar-refractivity contribution in [3.05, 3.63) is 90.2 Å². The molecule has 184 valence electrons. The number of methoxy groups -OCH3 is 3.